The van der Waals surface area contributed by atoms with Gasteiger partial charge in [-0.1, -0.05) is 66.7 Å². The summed E-state index contributed by atoms with van der Waals surface area (Å²) in [7, 11) is 0. The summed E-state index contributed by atoms with van der Waals surface area (Å²) in [6.45, 7) is 6.18. The average molecular weight is 522 g/mol. The van der Waals surface area contributed by atoms with Crippen LogP contribution in [0.2, 0.25) is 0 Å². The highest BCUT2D eigenvalue weighted by molar-refractivity contribution is 6.10. The first kappa shape index (κ1) is 26.5. The third-order valence-electron chi connectivity index (χ3n) is 7.00. The van der Waals surface area contributed by atoms with E-state index in [4.69, 9.17) is 0 Å². The van der Waals surface area contributed by atoms with Gasteiger partial charge in [-0.3, -0.25) is 14.5 Å². The Morgan fingerprint density at radius 3 is 2.46 bits per heavy atom. The second-order valence-electron chi connectivity index (χ2n) is 10.1. The van der Waals surface area contributed by atoms with Crippen LogP contribution in [-0.4, -0.2) is 42.3 Å². The van der Waals surface area contributed by atoms with Crippen molar-refractivity contribution in [3.8, 4) is 11.1 Å². The number of halogens is 1. The van der Waals surface area contributed by atoms with Gasteiger partial charge in [-0.05, 0) is 53.9 Å². The van der Waals surface area contributed by atoms with Crippen LogP contribution in [0, 0.1) is 5.82 Å². The van der Waals surface area contributed by atoms with E-state index in [9.17, 15) is 14.0 Å². The summed E-state index contributed by atoms with van der Waals surface area (Å²) >= 11 is 0. The van der Waals surface area contributed by atoms with Crippen LogP contribution in [0.5, 0.6) is 0 Å². The van der Waals surface area contributed by atoms with Gasteiger partial charge in [-0.25, -0.2) is 4.39 Å². The number of ketones is 1. The van der Waals surface area contributed by atoms with Crippen LogP contribution in [0.4, 0.5) is 4.39 Å². The van der Waals surface area contributed by atoms with Crippen molar-refractivity contribution in [2.45, 2.75) is 26.1 Å². The molecule has 1 fully saturated rings. The number of hydrogen-bond acceptors (Lipinski definition) is 4. The minimum absolute atomic E-state index is 0.137. The van der Waals surface area contributed by atoms with E-state index in [0.717, 1.165) is 42.9 Å². The number of hydrogen-bond donors (Lipinski definition) is 2. The molecule has 5 rings (SSSR count). The number of amides is 1. The van der Waals surface area contributed by atoms with Crippen molar-refractivity contribution in [2.75, 3.05) is 19.6 Å². The van der Waals surface area contributed by atoms with E-state index in [0.29, 0.717) is 28.3 Å². The highest BCUT2D eigenvalue weighted by atomic mass is 19.1. The second-order valence-corrected chi connectivity index (χ2v) is 10.1. The first-order valence-electron chi connectivity index (χ1n) is 13.3. The zero-order valence-corrected chi connectivity index (χ0v) is 22.0. The predicted octanol–water partition coefficient (Wildman–Crippen LogP) is 5.45. The molecular formula is C33H32FN3O2. The first-order chi connectivity index (χ1) is 19.0. The van der Waals surface area contributed by atoms with Gasteiger partial charge in [0.05, 0.1) is 0 Å². The maximum Gasteiger partial charge on any atom is 0.251 e. The maximum atomic E-state index is 14.9. The monoisotopic (exact) mass is 521 g/mol. The first-order valence-corrected chi connectivity index (χ1v) is 13.3. The summed E-state index contributed by atoms with van der Waals surface area (Å²) in [5.74, 6) is -0.733. The highest BCUT2D eigenvalue weighted by Crippen LogP contribution is 2.26. The van der Waals surface area contributed by atoms with Gasteiger partial charge < -0.3 is 10.6 Å². The number of carbonyl (C=O) groups excluding carboxylic acids is 2. The van der Waals surface area contributed by atoms with E-state index in [2.05, 4.69) is 28.5 Å². The minimum atomic E-state index is -0.301. The molecule has 0 radical (unpaired) electrons. The lowest BCUT2D eigenvalue weighted by atomic mass is 9.99. The standard InChI is InChI=1S/C33H32FN3O2/c1-23-21-37(16-15-35-23)22-25-7-5-10-27(17-25)30-18-24(13-14-31(30)34)20-36-33(39)29-12-6-11-28(19-29)32(38)26-8-3-2-4-9-26/h2-14,17-19,23,35H,15-16,20-22H2,1H3,(H,36,39). The van der Waals surface area contributed by atoms with Crippen molar-refractivity contribution in [1.29, 1.82) is 0 Å². The summed E-state index contributed by atoms with van der Waals surface area (Å²) in [6, 6.07) is 29.0. The van der Waals surface area contributed by atoms with Gasteiger partial charge in [0.25, 0.3) is 5.91 Å². The molecule has 1 amide bonds. The van der Waals surface area contributed by atoms with E-state index >= 15 is 0 Å². The van der Waals surface area contributed by atoms with Crippen molar-refractivity contribution in [1.82, 2.24) is 15.5 Å². The fraction of sp³-hybridized carbons (Fsp3) is 0.212. The maximum absolute atomic E-state index is 14.9. The van der Waals surface area contributed by atoms with Crippen LogP contribution in [0.15, 0.2) is 97.1 Å². The molecule has 0 aromatic heterocycles. The summed E-state index contributed by atoms with van der Waals surface area (Å²) in [4.78, 5) is 28.1. The summed E-state index contributed by atoms with van der Waals surface area (Å²) in [6.07, 6.45) is 0. The zero-order chi connectivity index (χ0) is 27.2. The molecule has 0 spiro atoms. The Morgan fingerprint density at radius 2 is 1.64 bits per heavy atom. The number of nitrogens with one attached hydrogen (secondary N) is 2. The van der Waals surface area contributed by atoms with E-state index in [1.165, 1.54) is 6.07 Å². The number of nitrogens with zero attached hydrogens (tertiary/aromatic N) is 1. The fourth-order valence-corrected chi connectivity index (χ4v) is 5.00. The Kier molecular flexibility index (Phi) is 8.25. The smallest absolute Gasteiger partial charge is 0.251 e. The van der Waals surface area contributed by atoms with Gasteiger partial charge in [0.2, 0.25) is 0 Å². The Morgan fingerprint density at radius 1 is 0.872 bits per heavy atom. The molecule has 1 aliphatic heterocycles. The third kappa shape index (κ3) is 6.66. The van der Waals surface area contributed by atoms with Gasteiger partial charge in [-0.2, -0.15) is 0 Å². The lowest BCUT2D eigenvalue weighted by molar-refractivity contribution is 0.0951. The van der Waals surface area contributed by atoms with E-state index in [1.54, 1.807) is 48.5 Å². The molecule has 4 aromatic carbocycles. The van der Waals surface area contributed by atoms with Gasteiger partial charge in [0.1, 0.15) is 5.82 Å². The molecule has 198 valence electrons. The van der Waals surface area contributed by atoms with Gasteiger partial charge in [0, 0.05) is 61.0 Å². The van der Waals surface area contributed by atoms with Crippen molar-refractivity contribution >= 4 is 11.7 Å². The normalized spacial score (nSPS) is 15.6. The molecule has 1 unspecified atom stereocenters. The van der Waals surface area contributed by atoms with Crippen LogP contribution in [0.25, 0.3) is 11.1 Å². The second kappa shape index (κ2) is 12.2. The summed E-state index contributed by atoms with van der Waals surface area (Å²) in [5, 5.41) is 6.36. The van der Waals surface area contributed by atoms with E-state index in [1.807, 2.05) is 36.4 Å². The highest BCUT2D eigenvalue weighted by Gasteiger charge is 2.16. The van der Waals surface area contributed by atoms with E-state index < -0.39 is 0 Å². The van der Waals surface area contributed by atoms with Gasteiger partial charge in [-0.15, -0.1) is 0 Å². The third-order valence-corrected chi connectivity index (χ3v) is 7.00. The lowest BCUT2D eigenvalue weighted by Gasteiger charge is -2.31. The Bertz CT molecular complexity index is 1470. The lowest BCUT2D eigenvalue weighted by Crippen LogP contribution is -2.48. The average Bonchev–Trinajstić information content (AvgIpc) is 2.97. The Hall–Kier alpha value is -4.13. The van der Waals surface area contributed by atoms with E-state index in [-0.39, 0.29) is 24.1 Å². The molecule has 0 bridgehead atoms. The molecular weight excluding hydrogens is 489 g/mol. The number of benzene rings is 4. The minimum Gasteiger partial charge on any atom is -0.348 e. The molecule has 1 aliphatic rings. The summed E-state index contributed by atoms with van der Waals surface area (Å²) in [5.41, 5.74) is 4.67. The van der Waals surface area contributed by atoms with Crippen LogP contribution in [0.1, 0.15) is 44.3 Å². The number of piperazine rings is 1. The quantitative estimate of drug-likeness (QED) is 0.303. The molecule has 4 aromatic rings. The van der Waals surface area contributed by atoms with Crippen LogP contribution >= 0.6 is 0 Å². The van der Waals surface area contributed by atoms with Crippen molar-refractivity contribution in [3.05, 3.63) is 131 Å². The van der Waals surface area contributed by atoms with Gasteiger partial charge in [0.15, 0.2) is 5.78 Å². The Labute approximate surface area is 228 Å². The van der Waals surface area contributed by atoms with Crippen molar-refractivity contribution in [3.63, 3.8) is 0 Å². The topological polar surface area (TPSA) is 61.4 Å². The predicted molar refractivity (Wildman–Crippen MR) is 152 cm³/mol. The number of rotatable bonds is 8. The number of carbonyl (C=O) groups is 2. The molecule has 39 heavy (non-hydrogen) atoms. The molecule has 2 N–H and O–H groups in total. The largest absolute Gasteiger partial charge is 0.348 e. The Balaban J connectivity index is 1.27. The van der Waals surface area contributed by atoms with Crippen LogP contribution in [0.3, 0.4) is 0 Å². The SMILES string of the molecule is CC1CN(Cc2cccc(-c3cc(CNC(=O)c4cccc(C(=O)c5ccccc5)c4)ccc3F)c2)CCN1. The molecule has 1 heterocycles. The van der Waals surface area contributed by atoms with Crippen LogP contribution in [-0.2, 0) is 13.1 Å². The molecule has 1 saturated heterocycles. The molecule has 6 heteroatoms. The fourth-order valence-electron chi connectivity index (χ4n) is 5.00. The molecule has 0 saturated carbocycles. The van der Waals surface area contributed by atoms with Crippen molar-refractivity contribution < 1.29 is 14.0 Å². The zero-order valence-electron chi connectivity index (χ0n) is 22.0. The van der Waals surface area contributed by atoms with Crippen molar-refractivity contribution in [2.24, 2.45) is 0 Å². The van der Waals surface area contributed by atoms with Gasteiger partial charge >= 0.3 is 0 Å². The van der Waals surface area contributed by atoms with Crippen LogP contribution < -0.4 is 10.6 Å². The molecule has 5 nitrogen and oxygen atoms in total. The molecule has 0 aliphatic carbocycles. The summed E-state index contributed by atoms with van der Waals surface area (Å²) < 4.78 is 14.9. The molecule has 1 atom stereocenters.